The molecule has 1 aromatic carbocycles. The van der Waals surface area contributed by atoms with Crippen LogP contribution in [0.5, 0.6) is 0 Å². The highest BCUT2D eigenvalue weighted by Gasteiger charge is 2.39. The number of carbonyl (C=O) groups excluding carboxylic acids is 1. The Balaban J connectivity index is 2.13. The van der Waals surface area contributed by atoms with Crippen LogP contribution in [0.4, 0.5) is 0 Å². The van der Waals surface area contributed by atoms with Crippen LogP contribution in [0.15, 0.2) is 24.3 Å². The van der Waals surface area contributed by atoms with Gasteiger partial charge in [-0.1, -0.05) is 51.4 Å². The normalized spacial score (nSPS) is 22.2. The SMILES string of the molecule is CC(C)C(CN)C(=O)N1CCC(c2ccc(Cl)cc2)C(C)(C)C1. The fourth-order valence-corrected chi connectivity index (χ4v) is 3.88. The molecule has 3 nitrogen and oxygen atoms in total. The second kappa shape index (κ2) is 7.23. The van der Waals surface area contributed by atoms with Crippen LogP contribution in [0.25, 0.3) is 0 Å². The van der Waals surface area contributed by atoms with Crippen LogP contribution in [0, 0.1) is 17.3 Å². The summed E-state index contributed by atoms with van der Waals surface area (Å²) in [5, 5.41) is 0.766. The van der Waals surface area contributed by atoms with Crippen molar-refractivity contribution in [1.82, 2.24) is 4.90 Å². The zero-order valence-electron chi connectivity index (χ0n) is 14.7. The lowest BCUT2D eigenvalue weighted by atomic mass is 9.70. The van der Waals surface area contributed by atoms with Gasteiger partial charge in [-0.2, -0.15) is 0 Å². The number of hydrogen-bond donors (Lipinski definition) is 1. The van der Waals surface area contributed by atoms with Gasteiger partial charge >= 0.3 is 0 Å². The highest BCUT2D eigenvalue weighted by molar-refractivity contribution is 6.30. The number of nitrogens with two attached hydrogens (primary N) is 1. The maximum absolute atomic E-state index is 12.8. The maximum Gasteiger partial charge on any atom is 0.227 e. The number of nitrogens with zero attached hydrogens (tertiary/aromatic N) is 1. The van der Waals surface area contributed by atoms with Gasteiger partial charge in [-0.3, -0.25) is 4.79 Å². The van der Waals surface area contributed by atoms with Crippen LogP contribution >= 0.6 is 11.6 Å². The van der Waals surface area contributed by atoms with Gasteiger partial charge in [0.25, 0.3) is 0 Å². The van der Waals surface area contributed by atoms with E-state index < -0.39 is 0 Å². The number of carbonyl (C=O) groups is 1. The van der Waals surface area contributed by atoms with Gasteiger partial charge < -0.3 is 10.6 Å². The average molecular weight is 337 g/mol. The van der Waals surface area contributed by atoms with E-state index in [1.807, 2.05) is 17.0 Å². The zero-order chi connectivity index (χ0) is 17.2. The molecule has 1 aromatic rings. The van der Waals surface area contributed by atoms with Gasteiger partial charge in [0.15, 0.2) is 0 Å². The van der Waals surface area contributed by atoms with Crippen LogP contribution in [0.2, 0.25) is 5.02 Å². The van der Waals surface area contributed by atoms with E-state index in [4.69, 9.17) is 17.3 Å². The van der Waals surface area contributed by atoms with Crippen LogP contribution < -0.4 is 5.73 Å². The molecule has 2 N–H and O–H groups in total. The highest BCUT2D eigenvalue weighted by atomic mass is 35.5. The molecular weight excluding hydrogens is 308 g/mol. The van der Waals surface area contributed by atoms with Gasteiger partial charge in [0, 0.05) is 24.7 Å². The van der Waals surface area contributed by atoms with E-state index in [1.165, 1.54) is 5.56 Å². The summed E-state index contributed by atoms with van der Waals surface area (Å²) in [5.74, 6) is 0.867. The van der Waals surface area contributed by atoms with E-state index in [9.17, 15) is 4.79 Å². The molecule has 0 spiro atoms. The van der Waals surface area contributed by atoms with Crippen LogP contribution in [-0.4, -0.2) is 30.4 Å². The monoisotopic (exact) mass is 336 g/mol. The Hall–Kier alpha value is -1.06. The molecular formula is C19H29ClN2O. The molecule has 0 aliphatic carbocycles. The number of piperidine rings is 1. The van der Waals surface area contributed by atoms with E-state index >= 15 is 0 Å². The second-order valence-corrected chi connectivity index (χ2v) is 8.16. The number of hydrogen-bond acceptors (Lipinski definition) is 2. The third-order valence-corrected chi connectivity index (χ3v) is 5.44. The molecule has 0 radical (unpaired) electrons. The largest absolute Gasteiger partial charge is 0.342 e. The van der Waals surface area contributed by atoms with Crippen LogP contribution in [0.1, 0.15) is 45.6 Å². The number of likely N-dealkylation sites (tertiary alicyclic amines) is 1. The van der Waals surface area contributed by atoms with E-state index in [2.05, 4.69) is 39.8 Å². The predicted molar refractivity (Wildman–Crippen MR) is 96.6 cm³/mol. The minimum Gasteiger partial charge on any atom is -0.342 e. The molecule has 4 heteroatoms. The topological polar surface area (TPSA) is 46.3 Å². The Morgan fingerprint density at radius 2 is 1.96 bits per heavy atom. The Labute approximate surface area is 145 Å². The minimum absolute atomic E-state index is 0.0396. The molecule has 2 atom stereocenters. The van der Waals surface area contributed by atoms with Gasteiger partial charge in [0.05, 0.1) is 5.92 Å². The van der Waals surface area contributed by atoms with E-state index in [1.54, 1.807) is 0 Å². The van der Waals surface area contributed by atoms with Crippen molar-refractivity contribution in [2.24, 2.45) is 23.0 Å². The summed E-state index contributed by atoms with van der Waals surface area (Å²) in [6, 6.07) is 8.13. The number of rotatable bonds is 4. The van der Waals surface area contributed by atoms with Gasteiger partial charge in [-0.25, -0.2) is 0 Å². The molecule has 0 saturated carbocycles. The van der Waals surface area contributed by atoms with Crippen LogP contribution in [0.3, 0.4) is 0 Å². The molecule has 23 heavy (non-hydrogen) atoms. The minimum atomic E-state index is -0.0714. The maximum atomic E-state index is 12.8. The predicted octanol–water partition coefficient (Wildman–Crippen LogP) is 3.91. The standard InChI is InChI=1S/C19H29ClN2O/c1-13(2)16(11-21)18(23)22-10-9-17(19(3,4)12-22)14-5-7-15(20)8-6-14/h5-8,13,16-17H,9-12,21H2,1-4H3. The molecule has 0 bridgehead atoms. The lowest BCUT2D eigenvalue weighted by Crippen LogP contribution is -2.50. The Bertz CT molecular complexity index is 539. The Kier molecular flexibility index (Phi) is 5.74. The van der Waals surface area contributed by atoms with Crippen molar-refractivity contribution in [3.8, 4) is 0 Å². The molecule has 1 amide bonds. The molecule has 1 aliphatic heterocycles. The number of benzene rings is 1. The van der Waals surface area contributed by atoms with E-state index in [-0.39, 0.29) is 23.2 Å². The molecule has 0 aromatic heterocycles. The fraction of sp³-hybridized carbons (Fsp3) is 0.632. The smallest absolute Gasteiger partial charge is 0.227 e. The lowest BCUT2D eigenvalue weighted by Gasteiger charge is -2.45. The van der Waals surface area contributed by atoms with Crippen molar-refractivity contribution in [3.63, 3.8) is 0 Å². The van der Waals surface area contributed by atoms with E-state index in [0.717, 1.165) is 24.5 Å². The fourth-order valence-electron chi connectivity index (χ4n) is 3.75. The van der Waals surface area contributed by atoms with Crippen molar-refractivity contribution < 1.29 is 4.79 Å². The average Bonchev–Trinajstić information content (AvgIpc) is 2.47. The van der Waals surface area contributed by atoms with Crippen molar-refractivity contribution in [2.45, 2.75) is 40.0 Å². The summed E-state index contributed by atoms with van der Waals surface area (Å²) in [7, 11) is 0. The van der Waals surface area contributed by atoms with Gasteiger partial charge in [0.1, 0.15) is 0 Å². The number of amides is 1. The summed E-state index contributed by atoms with van der Waals surface area (Å²) in [6.45, 7) is 10.6. The third-order valence-electron chi connectivity index (χ3n) is 5.19. The van der Waals surface area contributed by atoms with Crippen molar-refractivity contribution in [1.29, 1.82) is 0 Å². The van der Waals surface area contributed by atoms with Crippen molar-refractivity contribution in [2.75, 3.05) is 19.6 Å². The summed E-state index contributed by atoms with van der Waals surface area (Å²) in [4.78, 5) is 14.8. The van der Waals surface area contributed by atoms with E-state index in [0.29, 0.717) is 12.5 Å². The molecule has 1 fully saturated rings. The zero-order valence-corrected chi connectivity index (χ0v) is 15.4. The van der Waals surface area contributed by atoms with Crippen LogP contribution in [-0.2, 0) is 4.79 Å². The van der Waals surface area contributed by atoms with Crippen molar-refractivity contribution in [3.05, 3.63) is 34.9 Å². The highest BCUT2D eigenvalue weighted by Crippen LogP contribution is 2.42. The summed E-state index contributed by atoms with van der Waals surface area (Å²) in [5.41, 5.74) is 7.17. The first kappa shape index (κ1) is 18.3. The Morgan fingerprint density at radius 1 is 1.35 bits per heavy atom. The molecule has 2 rings (SSSR count). The van der Waals surface area contributed by atoms with Crippen molar-refractivity contribution >= 4 is 17.5 Å². The summed E-state index contributed by atoms with van der Waals surface area (Å²) < 4.78 is 0. The molecule has 2 unspecified atom stereocenters. The first-order valence-corrected chi connectivity index (χ1v) is 8.88. The number of halogens is 1. The molecule has 1 aliphatic rings. The van der Waals surface area contributed by atoms with Gasteiger partial charge in [-0.05, 0) is 41.4 Å². The third kappa shape index (κ3) is 4.07. The molecule has 1 saturated heterocycles. The van der Waals surface area contributed by atoms with Gasteiger partial charge in [-0.15, -0.1) is 0 Å². The molecule has 128 valence electrons. The lowest BCUT2D eigenvalue weighted by molar-refractivity contribution is -0.140. The quantitative estimate of drug-likeness (QED) is 0.906. The second-order valence-electron chi connectivity index (χ2n) is 7.73. The summed E-state index contributed by atoms with van der Waals surface area (Å²) in [6.07, 6.45) is 0.982. The molecule has 1 heterocycles. The Morgan fingerprint density at radius 3 is 2.43 bits per heavy atom. The first-order chi connectivity index (χ1) is 10.8. The first-order valence-electron chi connectivity index (χ1n) is 8.50. The van der Waals surface area contributed by atoms with Gasteiger partial charge in [0.2, 0.25) is 5.91 Å². The summed E-state index contributed by atoms with van der Waals surface area (Å²) >= 11 is 6.00.